The van der Waals surface area contributed by atoms with Crippen LogP contribution in [0.15, 0.2) is 79.0 Å². The number of nitrogens with one attached hydrogen (secondary N) is 2. The van der Waals surface area contributed by atoms with Crippen molar-refractivity contribution >= 4 is 28.5 Å². The van der Waals surface area contributed by atoms with Gasteiger partial charge in [-0.15, -0.1) is 0 Å². The lowest BCUT2D eigenvalue weighted by atomic mass is 10.1. The summed E-state index contributed by atoms with van der Waals surface area (Å²) in [6.45, 7) is 0.482. The zero-order chi connectivity index (χ0) is 30.1. The quantitative estimate of drug-likeness (QED) is 0.216. The van der Waals surface area contributed by atoms with E-state index in [1.54, 1.807) is 36.3 Å². The summed E-state index contributed by atoms with van der Waals surface area (Å²) in [5, 5.41) is 3.81. The van der Waals surface area contributed by atoms with E-state index in [1.165, 1.54) is 24.1 Å². The molecule has 3 amide bonds. The third-order valence-corrected chi connectivity index (χ3v) is 6.85. The first-order valence-electron chi connectivity index (χ1n) is 13.4. The van der Waals surface area contributed by atoms with Gasteiger partial charge in [0.05, 0.1) is 19.3 Å². The number of aromatic amines is 1. The van der Waals surface area contributed by atoms with E-state index in [4.69, 9.17) is 9.47 Å². The maximum absolute atomic E-state index is 13.7. The number of urea groups is 1. The Hall–Kier alpha value is -4.51. The van der Waals surface area contributed by atoms with Gasteiger partial charge < -0.3 is 29.6 Å². The van der Waals surface area contributed by atoms with Gasteiger partial charge in [0.25, 0.3) is 0 Å². The maximum Gasteiger partial charge on any atom is 0.416 e. The number of anilines is 1. The van der Waals surface area contributed by atoms with E-state index in [0.717, 1.165) is 28.6 Å². The molecule has 1 aromatic heterocycles. The van der Waals surface area contributed by atoms with Crippen LogP contribution in [0.4, 0.5) is 23.7 Å². The van der Waals surface area contributed by atoms with Crippen LogP contribution in [0.3, 0.4) is 0 Å². The number of aromatic nitrogens is 1. The minimum Gasteiger partial charge on any atom is -0.497 e. The average molecular weight is 583 g/mol. The number of halogens is 3. The summed E-state index contributed by atoms with van der Waals surface area (Å²) in [6.07, 6.45) is -2.06. The summed E-state index contributed by atoms with van der Waals surface area (Å²) in [6, 6.07) is 18.8. The molecule has 222 valence electrons. The van der Waals surface area contributed by atoms with Crippen molar-refractivity contribution in [2.45, 2.75) is 19.1 Å². The van der Waals surface area contributed by atoms with E-state index in [-0.39, 0.29) is 32.1 Å². The minimum absolute atomic E-state index is 0.0809. The van der Waals surface area contributed by atoms with Gasteiger partial charge in [-0.3, -0.25) is 4.79 Å². The van der Waals surface area contributed by atoms with Crippen molar-refractivity contribution in [2.75, 3.05) is 45.8 Å². The lowest BCUT2D eigenvalue weighted by molar-refractivity contribution is -0.137. The first-order chi connectivity index (χ1) is 20.2. The Morgan fingerprint density at radius 3 is 2.29 bits per heavy atom. The highest BCUT2D eigenvalue weighted by Crippen LogP contribution is 2.29. The van der Waals surface area contributed by atoms with Crippen molar-refractivity contribution in [3.8, 4) is 5.75 Å². The topological polar surface area (TPSA) is 86.9 Å². The number of ether oxygens (including phenoxy) is 2. The van der Waals surface area contributed by atoms with Crippen LogP contribution >= 0.6 is 0 Å². The van der Waals surface area contributed by atoms with Gasteiger partial charge in [0, 0.05) is 49.5 Å². The second-order valence-corrected chi connectivity index (χ2v) is 9.69. The molecular weight excluding hydrogens is 549 g/mol. The first kappa shape index (κ1) is 30.4. The monoisotopic (exact) mass is 582 g/mol. The van der Waals surface area contributed by atoms with Crippen molar-refractivity contribution < 1.29 is 32.2 Å². The predicted molar refractivity (Wildman–Crippen MR) is 154 cm³/mol. The molecule has 11 heteroatoms. The highest BCUT2D eigenvalue weighted by Gasteiger charge is 2.30. The van der Waals surface area contributed by atoms with E-state index < -0.39 is 17.8 Å². The number of H-pyrrole nitrogens is 1. The summed E-state index contributed by atoms with van der Waals surface area (Å²) < 4.78 is 49.6. The summed E-state index contributed by atoms with van der Waals surface area (Å²) in [7, 11) is 3.04. The number of carbonyl (C=O) groups is 2. The molecule has 4 rings (SSSR count). The molecule has 3 aromatic carbocycles. The van der Waals surface area contributed by atoms with Crippen LogP contribution < -0.4 is 10.1 Å². The Labute approximate surface area is 242 Å². The summed E-state index contributed by atoms with van der Waals surface area (Å²) >= 11 is 0. The normalized spacial score (nSPS) is 11.4. The zero-order valence-corrected chi connectivity index (χ0v) is 23.4. The van der Waals surface area contributed by atoms with Gasteiger partial charge in [0.1, 0.15) is 12.3 Å². The molecule has 0 bridgehead atoms. The van der Waals surface area contributed by atoms with Gasteiger partial charge in [0.15, 0.2) is 0 Å². The van der Waals surface area contributed by atoms with Crippen LogP contribution in [0.2, 0.25) is 0 Å². The van der Waals surface area contributed by atoms with Crippen LogP contribution in [-0.4, -0.2) is 67.2 Å². The summed E-state index contributed by atoms with van der Waals surface area (Å²) in [4.78, 5) is 33.0. The Kier molecular flexibility index (Phi) is 10.1. The van der Waals surface area contributed by atoms with Crippen LogP contribution in [0.1, 0.15) is 16.7 Å². The van der Waals surface area contributed by atoms with Crippen LogP contribution in [0, 0.1) is 0 Å². The predicted octanol–water partition coefficient (Wildman–Crippen LogP) is 5.95. The fraction of sp³-hybridized carbons (Fsp3) is 0.290. The third-order valence-electron chi connectivity index (χ3n) is 6.85. The number of para-hydroxylation sites is 1. The Bertz CT molecular complexity index is 1470. The number of benzene rings is 3. The Morgan fingerprint density at radius 2 is 1.62 bits per heavy atom. The lowest BCUT2D eigenvalue weighted by Crippen LogP contribution is -2.46. The number of amides is 3. The molecule has 0 saturated heterocycles. The van der Waals surface area contributed by atoms with E-state index in [1.807, 2.05) is 30.5 Å². The molecule has 1 heterocycles. The second kappa shape index (κ2) is 13.9. The molecular formula is C31H33F3N4O4. The van der Waals surface area contributed by atoms with E-state index in [9.17, 15) is 22.8 Å². The van der Waals surface area contributed by atoms with Crippen LogP contribution in [0.5, 0.6) is 5.75 Å². The molecule has 0 spiro atoms. The first-order valence-corrected chi connectivity index (χ1v) is 13.4. The number of hydrogen-bond donors (Lipinski definition) is 2. The fourth-order valence-corrected chi connectivity index (χ4v) is 4.50. The summed E-state index contributed by atoms with van der Waals surface area (Å²) in [5.74, 6) is 0.282. The number of alkyl halides is 3. The number of nitrogens with zero attached hydrogens (tertiary/aromatic N) is 2. The second-order valence-electron chi connectivity index (χ2n) is 9.69. The van der Waals surface area contributed by atoms with Crippen LogP contribution in [-0.2, 0) is 28.7 Å². The van der Waals surface area contributed by atoms with Crippen LogP contribution in [0.25, 0.3) is 10.9 Å². The Balaban J connectivity index is 1.52. The van der Waals surface area contributed by atoms with Gasteiger partial charge in [-0.1, -0.05) is 30.3 Å². The molecule has 4 aromatic rings. The maximum atomic E-state index is 13.7. The SMILES string of the molecule is COCCN(CC(=O)N(CCc1c[nH]c2ccccc12)Cc1ccc(C(F)(F)F)cc1)C(=O)Nc1ccc(OC)cc1. The van der Waals surface area contributed by atoms with E-state index in [2.05, 4.69) is 10.3 Å². The van der Waals surface area contributed by atoms with Gasteiger partial charge >= 0.3 is 12.2 Å². The molecule has 0 atom stereocenters. The molecule has 0 aliphatic rings. The fourth-order valence-electron chi connectivity index (χ4n) is 4.50. The van der Waals surface area contributed by atoms with Crippen molar-refractivity contribution in [1.82, 2.24) is 14.8 Å². The van der Waals surface area contributed by atoms with Crippen molar-refractivity contribution in [3.63, 3.8) is 0 Å². The van der Waals surface area contributed by atoms with Gasteiger partial charge in [-0.05, 0) is 60.0 Å². The highest BCUT2D eigenvalue weighted by atomic mass is 19.4. The minimum atomic E-state index is -4.46. The standard InChI is InChI=1S/C31H33F3N4O4/c1-41-18-17-38(30(40)36-25-11-13-26(42-2)14-12-25)21-29(39)37(20-22-7-9-24(10-8-22)31(32,33)34)16-15-23-19-35-28-6-4-3-5-27(23)28/h3-14,19,35H,15-18,20-21H2,1-2H3,(H,36,40). The van der Waals surface area contributed by atoms with Gasteiger partial charge in [-0.25, -0.2) is 4.79 Å². The number of rotatable bonds is 12. The van der Waals surface area contributed by atoms with Gasteiger partial charge in [-0.2, -0.15) is 13.2 Å². The smallest absolute Gasteiger partial charge is 0.416 e. The highest BCUT2D eigenvalue weighted by molar-refractivity contribution is 5.92. The molecule has 0 aliphatic carbocycles. The molecule has 0 fully saturated rings. The average Bonchev–Trinajstić information content (AvgIpc) is 3.40. The Morgan fingerprint density at radius 1 is 0.905 bits per heavy atom. The van der Waals surface area contributed by atoms with Crippen molar-refractivity contribution in [2.24, 2.45) is 0 Å². The number of hydrogen-bond acceptors (Lipinski definition) is 4. The molecule has 2 N–H and O–H groups in total. The molecule has 0 unspecified atom stereocenters. The lowest BCUT2D eigenvalue weighted by Gasteiger charge is -2.28. The molecule has 42 heavy (non-hydrogen) atoms. The van der Waals surface area contributed by atoms with E-state index >= 15 is 0 Å². The zero-order valence-electron chi connectivity index (χ0n) is 23.4. The number of methoxy groups -OCH3 is 2. The summed E-state index contributed by atoms with van der Waals surface area (Å²) in [5.41, 5.74) is 2.28. The largest absolute Gasteiger partial charge is 0.497 e. The van der Waals surface area contributed by atoms with Crippen molar-refractivity contribution in [1.29, 1.82) is 0 Å². The third kappa shape index (κ3) is 8.03. The molecule has 0 saturated carbocycles. The molecule has 0 aliphatic heterocycles. The van der Waals surface area contributed by atoms with Crippen molar-refractivity contribution in [3.05, 3.63) is 95.7 Å². The number of fused-ring (bicyclic) bond motifs is 1. The molecule has 0 radical (unpaired) electrons. The van der Waals surface area contributed by atoms with E-state index in [0.29, 0.717) is 30.0 Å². The van der Waals surface area contributed by atoms with Gasteiger partial charge in [0.2, 0.25) is 5.91 Å². The number of carbonyl (C=O) groups excluding carboxylic acids is 2. The molecule has 8 nitrogen and oxygen atoms in total.